The predicted octanol–water partition coefficient (Wildman–Crippen LogP) is 1.95. The first-order valence-corrected chi connectivity index (χ1v) is 16.5. The normalized spacial score (nSPS) is 23.5. The lowest BCUT2D eigenvalue weighted by molar-refractivity contribution is -0.146. The Morgan fingerprint density at radius 2 is 1.69 bits per heavy atom. The van der Waals surface area contributed by atoms with Crippen molar-refractivity contribution in [2.75, 3.05) is 25.6 Å². The fourth-order valence-electron chi connectivity index (χ4n) is 5.00. The van der Waals surface area contributed by atoms with Gasteiger partial charge in [-0.05, 0) is 45.4 Å². The number of nitrogens with two attached hydrogens (primary N) is 1. The summed E-state index contributed by atoms with van der Waals surface area (Å²) in [5, 5.41) is 16.4. The van der Waals surface area contributed by atoms with Gasteiger partial charge < -0.3 is 29.6 Å². The Hall–Kier alpha value is -2.95. The van der Waals surface area contributed by atoms with Gasteiger partial charge in [0, 0.05) is 0 Å². The van der Waals surface area contributed by atoms with Gasteiger partial charge in [0.05, 0.1) is 26.1 Å². The van der Waals surface area contributed by atoms with Crippen LogP contribution in [0.25, 0.3) is 11.2 Å². The highest BCUT2D eigenvalue weighted by molar-refractivity contribution is 7.54. The Bertz CT molecular complexity index is 1390. The fraction of sp³-hybridized carbons (Fsp3) is 0.741. The van der Waals surface area contributed by atoms with Crippen molar-refractivity contribution in [2.45, 2.75) is 97.5 Å². The van der Waals surface area contributed by atoms with Crippen LogP contribution in [0.3, 0.4) is 0 Å². The lowest BCUT2D eigenvalue weighted by Crippen LogP contribution is -2.46. The van der Waals surface area contributed by atoms with Crippen LogP contribution in [0, 0.1) is 11.8 Å². The topological polar surface area (TPSA) is 222 Å². The number of aromatic amines is 1. The van der Waals surface area contributed by atoms with E-state index in [1.807, 2.05) is 27.7 Å². The molecule has 1 aliphatic heterocycles. The summed E-state index contributed by atoms with van der Waals surface area (Å²) in [4.78, 5) is 48.2. The van der Waals surface area contributed by atoms with Crippen LogP contribution in [-0.4, -0.2) is 86.3 Å². The van der Waals surface area contributed by atoms with Gasteiger partial charge in [-0.15, -0.1) is 0 Å². The number of ether oxygens (including phenoxy) is 3. The van der Waals surface area contributed by atoms with Crippen molar-refractivity contribution in [1.29, 1.82) is 0 Å². The number of nitrogens with zero attached hydrogens (tertiary/aromatic N) is 3. The largest absolute Gasteiger partial charge is 0.465 e. The zero-order valence-electron chi connectivity index (χ0n) is 26.6. The van der Waals surface area contributed by atoms with Crippen LogP contribution in [0.15, 0.2) is 11.1 Å². The zero-order valence-corrected chi connectivity index (χ0v) is 27.5. The Morgan fingerprint density at radius 3 is 2.18 bits per heavy atom. The van der Waals surface area contributed by atoms with Crippen LogP contribution in [-0.2, 0) is 32.9 Å². The van der Waals surface area contributed by atoms with Crippen LogP contribution in [0.2, 0.25) is 0 Å². The quantitative estimate of drug-likeness (QED) is 0.128. The number of esters is 2. The molecule has 0 bridgehead atoms. The molecule has 0 amide bonds. The van der Waals surface area contributed by atoms with E-state index in [0.717, 1.165) is 17.8 Å². The molecule has 0 saturated carbocycles. The summed E-state index contributed by atoms with van der Waals surface area (Å²) >= 11 is 0. The molecule has 254 valence electrons. The van der Waals surface area contributed by atoms with Crippen LogP contribution >= 0.6 is 7.67 Å². The molecule has 16 nitrogen and oxygen atoms in total. The summed E-state index contributed by atoms with van der Waals surface area (Å²) in [7, 11) is -4.36. The first-order valence-electron chi connectivity index (χ1n) is 14.9. The second-order valence-corrected chi connectivity index (χ2v) is 13.7. The van der Waals surface area contributed by atoms with Gasteiger partial charge in [0.15, 0.2) is 23.1 Å². The van der Waals surface area contributed by atoms with Crippen molar-refractivity contribution < 1.29 is 42.4 Å². The second kappa shape index (κ2) is 15.1. The summed E-state index contributed by atoms with van der Waals surface area (Å²) in [6.45, 7) is 11.3. The number of anilines is 1. The smallest absolute Gasteiger partial charge is 0.342 e. The van der Waals surface area contributed by atoms with E-state index in [0.29, 0.717) is 0 Å². The molecule has 45 heavy (non-hydrogen) atoms. The van der Waals surface area contributed by atoms with E-state index in [1.165, 1.54) is 0 Å². The van der Waals surface area contributed by atoms with Gasteiger partial charge in [-0.1, -0.05) is 27.7 Å². The highest BCUT2D eigenvalue weighted by Crippen LogP contribution is 2.46. The predicted molar refractivity (Wildman–Crippen MR) is 162 cm³/mol. The summed E-state index contributed by atoms with van der Waals surface area (Å²) < 4.78 is 53.6. The number of halogens is 1. The number of aliphatic hydroxyl groups excluding tert-OH is 1. The third-order valence-corrected chi connectivity index (χ3v) is 8.86. The molecule has 18 heteroatoms. The number of aliphatic hydroxyl groups is 1. The van der Waals surface area contributed by atoms with E-state index in [1.54, 1.807) is 13.8 Å². The zero-order chi connectivity index (χ0) is 33.7. The van der Waals surface area contributed by atoms with E-state index in [4.69, 9.17) is 24.5 Å². The van der Waals surface area contributed by atoms with Crippen LogP contribution in [0.1, 0.15) is 67.5 Å². The highest BCUT2D eigenvalue weighted by atomic mass is 31.2. The summed E-state index contributed by atoms with van der Waals surface area (Å²) in [5.74, 6) is -1.68. The third kappa shape index (κ3) is 8.86. The van der Waals surface area contributed by atoms with E-state index in [-0.39, 0.29) is 55.0 Å². The fourth-order valence-corrected chi connectivity index (χ4v) is 6.82. The molecule has 3 heterocycles. The van der Waals surface area contributed by atoms with Gasteiger partial charge >= 0.3 is 19.6 Å². The molecule has 0 spiro atoms. The summed E-state index contributed by atoms with van der Waals surface area (Å²) in [6.07, 6.45) is -3.22. The van der Waals surface area contributed by atoms with Crippen molar-refractivity contribution >= 4 is 36.7 Å². The maximum Gasteiger partial charge on any atom is 0.342 e. The molecule has 0 radical (unpaired) electrons. The van der Waals surface area contributed by atoms with Gasteiger partial charge in [0.2, 0.25) is 5.95 Å². The van der Waals surface area contributed by atoms with Crippen LogP contribution in [0.4, 0.5) is 10.3 Å². The van der Waals surface area contributed by atoms with E-state index < -0.39 is 68.0 Å². The average molecular weight is 662 g/mol. The Morgan fingerprint density at radius 1 is 1.16 bits per heavy atom. The number of nitrogen functional groups attached to an aromatic ring is 1. The molecule has 0 aliphatic carbocycles. The van der Waals surface area contributed by atoms with Crippen LogP contribution in [0.5, 0.6) is 0 Å². The lowest BCUT2D eigenvalue weighted by atomic mass is 9.98. The van der Waals surface area contributed by atoms with Crippen molar-refractivity contribution in [3.8, 4) is 0 Å². The Balaban J connectivity index is 1.94. The molecule has 2 aromatic rings. The average Bonchev–Trinajstić information content (AvgIpc) is 3.44. The lowest BCUT2D eigenvalue weighted by Gasteiger charge is -2.30. The molecule has 1 aliphatic rings. The number of rotatable bonds is 16. The van der Waals surface area contributed by atoms with Crippen molar-refractivity contribution in [3.05, 3.63) is 16.7 Å². The minimum absolute atomic E-state index is 0.0373. The van der Waals surface area contributed by atoms with Gasteiger partial charge in [-0.25, -0.2) is 19.5 Å². The number of fused-ring (bicyclic) bond motifs is 1. The SMILES string of the molecule is CCOC(=O)[C@H](CC(C)C)NP(=O)(N[C@@H](CC(C)C)C(=O)OCC)OC[C@H]1O[C@@H](n2cnc3c(=O)[nH]c(N)nc32)[C@](C)(F)[C@@H]1O. The molecule has 6 atom stereocenters. The van der Waals surface area contributed by atoms with E-state index in [9.17, 15) is 24.1 Å². The molecular formula is C27H45FN7O9P. The summed E-state index contributed by atoms with van der Waals surface area (Å²) in [6, 6.07) is -2.21. The van der Waals surface area contributed by atoms with Crippen LogP contribution < -0.4 is 21.5 Å². The van der Waals surface area contributed by atoms with Gasteiger partial charge in [-0.2, -0.15) is 4.98 Å². The first kappa shape index (κ1) is 36.5. The third-order valence-electron chi connectivity index (χ3n) is 7.05. The Kier molecular flexibility index (Phi) is 12.2. The van der Waals surface area contributed by atoms with Crippen molar-refractivity contribution in [1.82, 2.24) is 29.7 Å². The number of alkyl halides is 1. The number of hydrogen-bond acceptors (Lipinski definition) is 12. The number of carbonyl (C=O) groups excluding carboxylic acids is 2. The highest BCUT2D eigenvalue weighted by Gasteiger charge is 2.56. The minimum Gasteiger partial charge on any atom is -0.465 e. The number of nitrogens with one attached hydrogen (secondary N) is 3. The molecule has 0 unspecified atom stereocenters. The molecule has 0 aromatic carbocycles. The van der Waals surface area contributed by atoms with E-state index in [2.05, 4.69) is 25.1 Å². The maximum atomic E-state index is 16.1. The summed E-state index contributed by atoms with van der Waals surface area (Å²) in [5.41, 5.74) is 2.34. The molecule has 1 fully saturated rings. The number of carbonyl (C=O) groups is 2. The van der Waals surface area contributed by atoms with Crippen molar-refractivity contribution in [2.24, 2.45) is 11.8 Å². The van der Waals surface area contributed by atoms with Crippen molar-refractivity contribution in [3.63, 3.8) is 0 Å². The maximum absolute atomic E-state index is 16.1. The standard InChI is InChI=1S/C27H45FN7O9P/c1-8-41-23(38)16(10-14(3)4)33-45(40,34-17(11-15(5)6)24(39)42-9-2)43-12-18-20(36)27(7,28)25(44-18)35-13-30-19-21(35)31-26(29)32-22(19)37/h13-18,20,25,36H,8-12H2,1-7H3,(H2,33,34,40)(H3,29,31,32,37)/t16-,17-,18+,20+,25+,27+/m0/s1. The number of aromatic nitrogens is 4. The molecule has 1 saturated heterocycles. The van der Waals surface area contributed by atoms with Gasteiger partial charge in [-0.3, -0.25) is 28.5 Å². The molecule has 2 aromatic heterocycles. The number of H-pyrrole nitrogens is 1. The molecular weight excluding hydrogens is 616 g/mol. The second-order valence-electron chi connectivity index (χ2n) is 11.9. The first-order chi connectivity index (χ1) is 21.0. The Labute approximate surface area is 260 Å². The molecule has 3 rings (SSSR count). The minimum atomic E-state index is -4.36. The van der Waals surface area contributed by atoms with Gasteiger partial charge in [0.25, 0.3) is 5.56 Å². The number of hydrogen-bond donors (Lipinski definition) is 5. The van der Waals surface area contributed by atoms with E-state index >= 15 is 4.39 Å². The van der Waals surface area contributed by atoms with Gasteiger partial charge in [0.1, 0.15) is 24.3 Å². The number of imidazole rings is 1. The molecule has 6 N–H and O–H groups in total. The monoisotopic (exact) mass is 661 g/mol.